The van der Waals surface area contributed by atoms with Crippen LogP contribution in [0.25, 0.3) is 0 Å². The largest absolute Gasteiger partial charge is 0.467 e. The molecule has 1 unspecified atom stereocenters. The molecule has 3 rings (SSSR count). The van der Waals surface area contributed by atoms with Crippen LogP contribution >= 0.6 is 0 Å². The van der Waals surface area contributed by atoms with Gasteiger partial charge in [-0.1, -0.05) is 0 Å². The summed E-state index contributed by atoms with van der Waals surface area (Å²) in [5.41, 5.74) is 4.02. The number of ether oxygens (including phenoxy) is 1. The molecule has 158 valence electrons. The van der Waals surface area contributed by atoms with E-state index in [9.17, 15) is 14.4 Å². The number of H-pyrrole nitrogens is 1. The Balaban J connectivity index is 1.79. The number of esters is 1. The van der Waals surface area contributed by atoms with Gasteiger partial charge in [0.1, 0.15) is 5.76 Å². The molecule has 0 saturated heterocycles. The average molecular weight is 410 g/mol. The Labute approximate surface area is 175 Å². The molecule has 3 heterocycles. The number of nitrogens with one attached hydrogen (secondary N) is 1. The van der Waals surface area contributed by atoms with Crippen LogP contribution in [-0.4, -0.2) is 33.2 Å². The van der Waals surface area contributed by atoms with E-state index < -0.39 is 12.1 Å². The van der Waals surface area contributed by atoms with Crippen LogP contribution in [0.1, 0.15) is 73.5 Å². The molecule has 7 nitrogen and oxygen atoms in total. The van der Waals surface area contributed by atoms with Crippen molar-refractivity contribution < 1.29 is 23.5 Å². The summed E-state index contributed by atoms with van der Waals surface area (Å²) in [6, 6.07) is 5.43. The lowest BCUT2D eigenvalue weighted by atomic mass is 10.0. The molecule has 0 amide bonds. The van der Waals surface area contributed by atoms with E-state index in [1.165, 1.54) is 13.8 Å². The number of nitrogens with zero attached hydrogens (tertiary/aromatic N) is 1. The minimum absolute atomic E-state index is 0.117. The Morgan fingerprint density at radius 1 is 1.20 bits per heavy atom. The van der Waals surface area contributed by atoms with Crippen molar-refractivity contribution in [2.75, 3.05) is 0 Å². The average Bonchev–Trinajstić information content (AvgIpc) is 3.36. The number of carbonyl (C=O) groups excluding carboxylic acids is 3. The third kappa shape index (κ3) is 3.87. The lowest BCUT2D eigenvalue weighted by molar-refractivity contribution is 0.0316. The molecule has 0 spiro atoms. The topological polar surface area (TPSA) is 94.3 Å². The van der Waals surface area contributed by atoms with E-state index in [0.717, 1.165) is 17.1 Å². The van der Waals surface area contributed by atoms with Crippen molar-refractivity contribution in [1.29, 1.82) is 0 Å². The molecular weight excluding hydrogens is 384 g/mol. The van der Waals surface area contributed by atoms with E-state index in [1.807, 2.05) is 30.5 Å². The predicted octanol–water partition coefficient (Wildman–Crippen LogP) is 4.32. The van der Waals surface area contributed by atoms with Gasteiger partial charge in [-0.25, -0.2) is 4.79 Å². The smallest absolute Gasteiger partial charge is 0.340 e. The molecule has 0 fully saturated rings. The fourth-order valence-electron chi connectivity index (χ4n) is 3.81. The van der Waals surface area contributed by atoms with Crippen molar-refractivity contribution in [3.05, 3.63) is 69.7 Å². The number of carbonyl (C=O) groups is 3. The second kappa shape index (κ2) is 8.18. The molecular formula is C23H26N2O5. The minimum atomic E-state index is -0.998. The zero-order valence-corrected chi connectivity index (χ0v) is 18.1. The number of hydrogen-bond donors (Lipinski definition) is 1. The van der Waals surface area contributed by atoms with E-state index in [-0.39, 0.29) is 11.6 Å². The summed E-state index contributed by atoms with van der Waals surface area (Å²) in [7, 11) is 0. The molecule has 0 aliphatic heterocycles. The highest BCUT2D eigenvalue weighted by molar-refractivity contribution is 6.05. The predicted molar refractivity (Wildman–Crippen MR) is 111 cm³/mol. The Morgan fingerprint density at radius 2 is 1.90 bits per heavy atom. The van der Waals surface area contributed by atoms with Crippen LogP contribution in [0, 0.1) is 27.7 Å². The highest BCUT2D eigenvalue weighted by atomic mass is 16.5. The van der Waals surface area contributed by atoms with Crippen LogP contribution in [0.2, 0.25) is 0 Å². The SMILES string of the molecule is CC(=O)c1c(C)[nH]c(C(=O)C(C)OC(=O)c2cc(C)n(Cc3ccco3)c2C)c1C. The molecule has 1 N–H and O–H groups in total. The van der Waals surface area contributed by atoms with Crippen LogP contribution in [0.15, 0.2) is 28.9 Å². The van der Waals surface area contributed by atoms with Crippen LogP contribution in [0.3, 0.4) is 0 Å². The second-order valence-corrected chi connectivity index (χ2v) is 7.54. The van der Waals surface area contributed by atoms with Crippen molar-refractivity contribution >= 4 is 17.5 Å². The van der Waals surface area contributed by atoms with E-state index in [4.69, 9.17) is 9.15 Å². The molecule has 0 radical (unpaired) electrons. The van der Waals surface area contributed by atoms with Gasteiger partial charge in [-0.05, 0) is 65.3 Å². The first kappa shape index (κ1) is 21.4. The number of ketones is 2. The van der Waals surface area contributed by atoms with Crippen molar-refractivity contribution in [2.45, 2.75) is 54.2 Å². The normalized spacial score (nSPS) is 12.1. The van der Waals surface area contributed by atoms with E-state index >= 15 is 0 Å². The summed E-state index contributed by atoms with van der Waals surface area (Å²) in [5.74, 6) is -0.281. The summed E-state index contributed by atoms with van der Waals surface area (Å²) < 4.78 is 12.8. The quantitative estimate of drug-likeness (QED) is 0.462. The lowest BCUT2D eigenvalue weighted by Crippen LogP contribution is -2.25. The summed E-state index contributed by atoms with van der Waals surface area (Å²) in [6.45, 7) is 10.7. The molecule has 3 aromatic rings. The molecule has 0 aliphatic carbocycles. The molecule has 3 aromatic heterocycles. The van der Waals surface area contributed by atoms with E-state index in [2.05, 4.69) is 4.98 Å². The molecule has 0 bridgehead atoms. The lowest BCUT2D eigenvalue weighted by Gasteiger charge is -2.13. The van der Waals surface area contributed by atoms with Crippen molar-refractivity contribution in [3.8, 4) is 0 Å². The number of furan rings is 1. The number of aromatic nitrogens is 2. The fraction of sp³-hybridized carbons (Fsp3) is 0.348. The zero-order chi connectivity index (χ0) is 22.2. The maximum atomic E-state index is 12.9. The highest BCUT2D eigenvalue weighted by Crippen LogP contribution is 2.22. The fourth-order valence-corrected chi connectivity index (χ4v) is 3.81. The Morgan fingerprint density at radius 3 is 2.47 bits per heavy atom. The first-order valence-electron chi connectivity index (χ1n) is 9.76. The summed E-state index contributed by atoms with van der Waals surface area (Å²) in [5, 5.41) is 0. The van der Waals surface area contributed by atoms with Crippen molar-refractivity contribution in [3.63, 3.8) is 0 Å². The molecule has 0 saturated carbocycles. The van der Waals surface area contributed by atoms with Crippen molar-refractivity contribution in [1.82, 2.24) is 9.55 Å². The van der Waals surface area contributed by atoms with Crippen LogP contribution in [0.5, 0.6) is 0 Å². The summed E-state index contributed by atoms with van der Waals surface area (Å²) in [4.78, 5) is 40.4. The van der Waals surface area contributed by atoms with Crippen LogP contribution < -0.4 is 0 Å². The highest BCUT2D eigenvalue weighted by Gasteiger charge is 2.27. The zero-order valence-electron chi connectivity index (χ0n) is 18.1. The van der Waals surface area contributed by atoms with Gasteiger partial charge in [-0.3, -0.25) is 9.59 Å². The van der Waals surface area contributed by atoms with Crippen molar-refractivity contribution in [2.24, 2.45) is 0 Å². The second-order valence-electron chi connectivity index (χ2n) is 7.54. The van der Waals surface area contributed by atoms with Gasteiger partial charge in [-0.15, -0.1) is 0 Å². The monoisotopic (exact) mass is 410 g/mol. The van der Waals surface area contributed by atoms with Crippen LogP contribution in [0.4, 0.5) is 0 Å². The summed E-state index contributed by atoms with van der Waals surface area (Å²) in [6.07, 6.45) is 0.607. The van der Waals surface area contributed by atoms with Gasteiger partial charge in [-0.2, -0.15) is 0 Å². The Bertz CT molecular complexity index is 1120. The minimum Gasteiger partial charge on any atom is -0.467 e. The first-order chi connectivity index (χ1) is 14.1. The van der Waals surface area contributed by atoms with Gasteiger partial charge in [0.25, 0.3) is 0 Å². The number of Topliss-reactive ketones (excluding diaryl/α,β-unsaturated/α-hetero) is 2. The van der Waals surface area contributed by atoms with Gasteiger partial charge >= 0.3 is 5.97 Å². The summed E-state index contributed by atoms with van der Waals surface area (Å²) >= 11 is 0. The van der Waals surface area contributed by atoms with Gasteiger partial charge in [0.05, 0.1) is 24.1 Å². The van der Waals surface area contributed by atoms with Gasteiger partial charge in [0.15, 0.2) is 11.9 Å². The number of aryl methyl sites for hydroxylation is 2. The number of rotatable bonds is 7. The molecule has 30 heavy (non-hydrogen) atoms. The Kier molecular flexibility index (Phi) is 5.82. The third-order valence-corrected chi connectivity index (χ3v) is 5.38. The molecule has 0 aromatic carbocycles. The van der Waals surface area contributed by atoms with E-state index in [0.29, 0.717) is 34.6 Å². The van der Waals surface area contributed by atoms with Crippen LogP contribution in [-0.2, 0) is 11.3 Å². The number of hydrogen-bond acceptors (Lipinski definition) is 5. The molecule has 7 heteroatoms. The number of aromatic amines is 1. The first-order valence-corrected chi connectivity index (χ1v) is 9.76. The maximum Gasteiger partial charge on any atom is 0.340 e. The maximum absolute atomic E-state index is 12.9. The molecule has 1 atom stereocenters. The van der Waals surface area contributed by atoms with Gasteiger partial charge in [0, 0.05) is 22.6 Å². The third-order valence-electron chi connectivity index (χ3n) is 5.38. The van der Waals surface area contributed by atoms with Gasteiger partial charge in [0.2, 0.25) is 5.78 Å². The van der Waals surface area contributed by atoms with E-state index in [1.54, 1.807) is 26.2 Å². The molecule has 0 aliphatic rings. The van der Waals surface area contributed by atoms with Gasteiger partial charge < -0.3 is 18.7 Å². The standard InChI is InChI=1S/C23H26N2O5/c1-12-10-19(15(4)25(12)11-18-8-7-9-29-18)23(28)30-17(6)22(27)21-13(2)20(16(5)26)14(3)24-21/h7-10,17,24H,11H2,1-6H3. The Hall–Kier alpha value is -3.35.